The van der Waals surface area contributed by atoms with E-state index in [1.165, 1.54) is 30.6 Å². The van der Waals surface area contributed by atoms with E-state index in [4.69, 9.17) is 4.74 Å². The molecule has 8 nitrogen and oxygen atoms in total. The van der Waals surface area contributed by atoms with Crippen molar-refractivity contribution in [2.75, 3.05) is 10.6 Å². The quantitative estimate of drug-likeness (QED) is 0.256. The van der Waals surface area contributed by atoms with E-state index in [0.717, 1.165) is 22.0 Å². The van der Waals surface area contributed by atoms with Crippen molar-refractivity contribution in [1.29, 1.82) is 0 Å². The molecular formula is C30H22FN5O3. The maximum atomic E-state index is 13.1. The summed E-state index contributed by atoms with van der Waals surface area (Å²) in [5.74, 6) is 0.0389. The highest BCUT2D eigenvalue weighted by Gasteiger charge is 2.56. The zero-order chi connectivity index (χ0) is 26.8. The lowest BCUT2D eigenvalue weighted by Gasteiger charge is -2.16. The van der Waals surface area contributed by atoms with Crippen LogP contribution in [0.2, 0.25) is 0 Å². The van der Waals surface area contributed by atoms with Gasteiger partial charge in [0, 0.05) is 40.9 Å². The van der Waals surface area contributed by atoms with E-state index >= 15 is 0 Å². The van der Waals surface area contributed by atoms with Crippen LogP contribution in [0.25, 0.3) is 22.0 Å². The van der Waals surface area contributed by atoms with E-state index in [0.29, 0.717) is 35.7 Å². The Bertz CT molecular complexity index is 1670. The van der Waals surface area contributed by atoms with E-state index < -0.39 is 17.1 Å². The van der Waals surface area contributed by atoms with Gasteiger partial charge in [0.25, 0.3) is 0 Å². The average molecular weight is 520 g/mol. The fourth-order valence-electron chi connectivity index (χ4n) is 4.29. The summed E-state index contributed by atoms with van der Waals surface area (Å²) in [6, 6.07) is 20.0. The van der Waals surface area contributed by atoms with Crippen LogP contribution in [0.3, 0.4) is 0 Å². The fourth-order valence-corrected chi connectivity index (χ4v) is 4.29. The monoisotopic (exact) mass is 519 g/mol. The van der Waals surface area contributed by atoms with Crippen LogP contribution in [0.4, 0.5) is 15.8 Å². The third-order valence-corrected chi connectivity index (χ3v) is 6.66. The van der Waals surface area contributed by atoms with Crippen LogP contribution in [0.15, 0.2) is 97.7 Å². The van der Waals surface area contributed by atoms with Crippen molar-refractivity contribution < 1.29 is 18.7 Å². The van der Waals surface area contributed by atoms with E-state index in [2.05, 4.69) is 25.6 Å². The first-order chi connectivity index (χ1) is 19.0. The molecule has 0 atom stereocenters. The SMILES string of the molecule is O=C(Nc1ccc(F)cc1)C1(C(=O)Nc2ccc(Oc3ccnc4cc(-c5cncnc5)ccc34)cc2)CC1. The Kier molecular flexibility index (Phi) is 6.16. The van der Waals surface area contributed by atoms with Gasteiger partial charge in [0.2, 0.25) is 11.8 Å². The molecule has 2 heterocycles. The predicted octanol–water partition coefficient (Wildman–Crippen LogP) is 5.98. The van der Waals surface area contributed by atoms with Gasteiger partial charge in [0.1, 0.15) is 29.1 Å². The maximum absolute atomic E-state index is 13.1. The Balaban J connectivity index is 1.13. The van der Waals surface area contributed by atoms with Crippen LogP contribution >= 0.6 is 0 Å². The Hall–Kier alpha value is -5.18. The van der Waals surface area contributed by atoms with Crippen LogP contribution in [0, 0.1) is 11.2 Å². The van der Waals surface area contributed by atoms with Gasteiger partial charge in [-0.05, 0) is 85.1 Å². The summed E-state index contributed by atoms with van der Waals surface area (Å²) >= 11 is 0. The summed E-state index contributed by atoms with van der Waals surface area (Å²) < 4.78 is 19.3. The largest absolute Gasteiger partial charge is 0.457 e. The molecule has 0 bridgehead atoms. The Morgan fingerprint density at radius 3 is 2.08 bits per heavy atom. The van der Waals surface area contributed by atoms with Gasteiger partial charge in [-0.2, -0.15) is 0 Å². The van der Waals surface area contributed by atoms with E-state index in [1.54, 1.807) is 48.9 Å². The van der Waals surface area contributed by atoms with E-state index in [9.17, 15) is 14.0 Å². The molecule has 1 aliphatic rings. The highest BCUT2D eigenvalue weighted by Crippen LogP contribution is 2.47. The number of amides is 2. The molecule has 9 heteroatoms. The number of hydrogen-bond acceptors (Lipinski definition) is 6. The Morgan fingerprint density at radius 2 is 1.44 bits per heavy atom. The number of anilines is 2. The van der Waals surface area contributed by atoms with Gasteiger partial charge in [-0.1, -0.05) is 6.07 Å². The van der Waals surface area contributed by atoms with Crippen LogP contribution in [0.1, 0.15) is 12.8 Å². The maximum Gasteiger partial charge on any atom is 0.240 e. The first kappa shape index (κ1) is 24.2. The molecular weight excluding hydrogens is 497 g/mol. The highest BCUT2D eigenvalue weighted by molar-refractivity contribution is 6.16. The molecule has 192 valence electrons. The summed E-state index contributed by atoms with van der Waals surface area (Å²) in [4.78, 5) is 38.4. The molecule has 6 rings (SSSR count). The molecule has 1 saturated carbocycles. The zero-order valence-electron chi connectivity index (χ0n) is 20.6. The fraction of sp³-hybridized carbons (Fsp3) is 0.100. The second-order valence-corrected chi connectivity index (χ2v) is 9.29. The number of hydrogen-bond donors (Lipinski definition) is 2. The number of pyridine rings is 1. The minimum absolute atomic E-state index is 0.379. The number of nitrogens with zero attached hydrogens (tertiary/aromatic N) is 3. The van der Waals surface area contributed by atoms with E-state index in [-0.39, 0.29) is 5.91 Å². The number of rotatable bonds is 7. The van der Waals surface area contributed by atoms with Crippen molar-refractivity contribution in [2.24, 2.45) is 5.41 Å². The molecule has 0 saturated heterocycles. The summed E-state index contributed by atoms with van der Waals surface area (Å²) in [5, 5.41) is 6.38. The Labute approximate surface area is 222 Å². The van der Waals surface area contributed by atoms with Gasteiger partial charge < -0.3 is 15.4 Å². The lowest BCUT2D eigenvalue weighted by atomic mass is 10.0. The van der Waals surface area contributed by atoms with Crippen molar-refractivity contribution in [1.82, 2.24) is 15.0 Å². The van der Waals surface area contributed by atoms with Gasteiger partial charge in [0.05, 0.1) is 5.52 Å². The third-order valence-electron chi connectivity index (χ3n) is 6.66. The number of halogens is 1. The predicted molar refractivity (Wildman–Crippen MR) is 145 cm³/mol. The lowest BCUT2D eigenvalue weighted by Crippen LogP contribution is -2.35. The molecule has 0 radical (unpaired) electrons. The van der Waals surface area contributed by atoms with E-state index in [1.807, 2.05) is 18.2 Å². The third kappa shape index (κ3) is 5.02. The molecule has 1 fully saturated rings. The van der Waals surface area contributed by atoms with Gasteiger partial charge in [0.15, 0.2) is 0 Å². The number of nitrogens with one attached hydrogen (secondary N) is 2. The van der Waals surface area contributed by atoms with Crippen molar-refractivity contribution in [3.05, 3.63) is 104 Å². The highest BCUT2D eigenvalue weighted by atomic mass is 19.1. The molecule has 2 amide bonds. The van der Waals surface area contributed by atoms with Crippen molar-refractivity contribution in [3.63, 3.8) is 0 Å². The Morgan fingerprint density at radius 1 is 0.795 bits per heavy atom. The molecule has 5 aromatic rings. The van der Waals surface area contributed by atoms with Crippen LogP contribution in [-0.4, -0.2) is 26.8 Å². The molecule has 39 heavy (non-hydrogen) atoms. The number of carbonyl (C=O) groups is 2. The number of carbonyl (C=O) groups excluding carboxylic acids is 2. The standard InChI is InChI=1S/C30H22FN5O3/c31-21-2-4-22(5-3-21)35-28(37)30(12-13-30)29(38)36-23-6-8-24(9-7-23)39-27-11-14-34-26-15-19(1-10-25(26)27)20-16-32-18-33-17-20/h1-11,14-18H,12-13H2,(H,35,37)(H,36,38). The lowest BCUT2D eigenvalue weighted by molar-refractivity contribution is -0.131. The number of ether oxygens (including phenoxy) is 1. The van der Waals surface area contributed by atoms with Crippen LogP contribution in [0.5, 0.6) is 11.5 Å². The van der Waals surface area contributed by atoms with Crippen LogP contribution < -0.4 is 15.4 Å². The molecule has 0 unspecified atom stereocenters. The molecule has 3 aromatic carbocycles. The first-order valence-corrected chi connectivity index (χ1v) is 12.3. The summed E-state index contributed by atoms with van der Waals surface area (Å²) in [6.45, 7) is 0. The molecule has 1 aliphatic carbocycles. The van der Waals surface area contributed by atoms with Crippen molar-refractivity contribution in [2.45, 2.75) is 12.8 Å². The van der Waals surface area contributed by atoms with Gasteiger partial charge in [-0.3, -0.25) is 14.6 Å². The van der Waals surface area contributed by atoms with Gasteiger partial charge in [-0.15, -0.1) is 0 Å². The molecule has 0 spiro atoms. The minimum Gasteiger partial charge on any atom is -0.457 e. The number of fused-ring (bicyclic) bond motifs is 1. The summed E-state index contributed by atoms with van der Waals surface area (Å²) in [6.07, 6.45) is 7.56. The summed E-state index contributed by atoms with van der Waals surface area (Å²) in [5.41, 5.74) is 2.47. The average Bonchev–Trinajstić information content (AvgIpc) is 3.78. The smallest absolute Gasteiger partial charge is 0.240 e. The molecule has 2 N–H and O–H groups in total. The number of aromatic nitrogens is 3. The number of benzene rings is 3. The second-order valence-electron chi connectivity index (χ2n) is 9.29. The second kappa shape index (κ2) is 9.94. The van der Waals surface area contributed by atoms with Crippen molar-refractivity contribution >= 4 is 34.1 Å². The molecule has 2 aromatic heterocycles. The van der Waals surface area contributed by atoms with Crippen LogP contribution in [-0.2, 0) is 9.59 Å². The van der Waals surface area contributed by atoms with Crippen molar-refractivity contribution in [3.8, 4) is 22.6 Å². The zero-order valence-corrected chi connectivity index (χ0v) is 20.6. The minimum atomic E-state index is -1.13. The normalized spacial score (nSPS) is 13.5. The topological polar surface area (TPSA) is 106 Å². The first-order valence-electron chi connectivity index (χ1n) is 12.3. The van der Waals surface area contributed by atoms with Gasteiger partial charge >= 0.3 is 0 Å². The summed E-state index contributed by atoms with van der Waals surface area (Å²) in [7, 11) is 0. The van der Waals surface area contributed by atoms with Gasteiger partial charge in [-0.25, -0.2) is 14.4 Å². The molecule has 0 aliphatic heterocycles.